The maximum absolute atomic E-state index is 14.7. The molecule has 1 saturated heterocycles. The van der Waals surface area contributed by atoms with Gasteiger partial charge in [0.05, 0.1) is 5.02 Å². The van der Waals surface area contributed by atoms with Crippen molar-refractivity contribution in [2.45, 2.75) is 18.2 Å². The normalized spacial score (nSPS) is 15.2. The Kier molecular flexibility index (Phi) is 7.61. The van der Waals surface area contributed by atoms with Crippen LogP contribution in [0.2, 0.25) is 5.02 Å². The van der Waals surface area contributed by atoms with Crippen LogP contribution < -0.4 is 10.4 Å². The third-order valence-electron chi connectivity index (χ3n) is 6.36. The molecular weight excluding hydrogens is 525 g/mol. The lowest BCUT2D eigenvalue weighted by Gasteiger charge is -2.31. The molecule has 0 unspecified atom stereocenters. The number of likely N-dealkylation sites (N-methyl/N-ethyl adjacent to an activating group) is 1. The molecule has 1 aliphatic rings. The van der Waals surface area contributed by atoms with Crippen LogP contribution in [-0.2, 0) is 16.4 Å². The molecule has 3 aromatic rings. The fraction of sp³-hybridized carbons (Fsp3) is 0.360. The minimum Gasteiger partial charge on any atom is -0.422 e. The average molecular weight is 552 g/mol. The first kappa shape index (κ1) is 27.1. The van der Waals surface area contributed by atoms with Crippen LogP contribution in [0.4, 0.5) is 9.18 Å². The van der Waals surface area contributed by atoms with Gasteiger partial charge in [-0.3, -0.25) is 0 Å². The number of nitrogens with zero attached hydrogens (tertiary/aromatic N) is 3. The summed E-state index contributed by atoms with van der Waals surface area (Å²) in [6, 6.07) is 6.71. The summed E-state index contributed by atoms with van der Waals surface area (Å²) in [5.41, 5.74) is 0.800. The maximum Gasteiger partial charge on any atom is 0.414 e. The van der Waals surface area contributed by atoms with Crippen molar-refractivity contribution in [1.29, 1.82) is 0 Å². The van der Waals surface area contributed by atoms with E-state index in [9.17, 15) is 22.4 Å². The molecule has 2 aromatic carbocycles. The third-order valence-corrected chi connectivity index (χ3v) is 8.57. The molecule has 9 nitrogen and oxygen atoms in total. The Morgan fingerprint density at radius 2 is 1.84 bits per heavy atom. The van der Waals surface area contributed by atoms with Gasteiger partial charge in [-0.05, 0) is 43.3 Å². The molecule has 37 heavy (non-hydrogen) atoms. The molecule has 0 radical (unpaired) electrons. The number of amides is 1. The predicted molar refractivity (Wildman–Crippen MR) is 137 cm³/mol. The highest BCUT2D eigenvalue weighted by atomic mass is 35.5. The number of carbonyl (C=O) groups is 1. The molecule has 4 rings (SSSR count). The van der Waals surface area contributed by atoms with Crippen molar-refractivity contribution < 1.29 is 26.8 Å². The number of fused-ring (bicyclic) bond motifs is 1. The first-order valence-electron chi connectivity index (χ1n) is 11.5. The minimum atomic E-state index is -4.04. The van der Waals surface area contributed by atoms with E-state index in [1.807, 2.05) is 11.9 Å². The number of carbonyl (C=O) groups excluding carboxylic acids is 1. The highest BCUT2D eigenvalue weighted by Gasteiger charge is 2.30. The zero-order valence-corrected chi connectivity index (χ0v) is 22.5. The summed E-state index contributed by atoms with van der Waals surface area (Å²) >= 11 is 6.32. The number of aryl methyl sites for hydroxylation is 1. The lowest BCUT2D eigenvalue weighted by atomic mass is 9.99. The van der Waals surface area contributed by atoms with E-state index in [4.69, 9.17) is 20.8 Å². The van der Waals surface area contributed by atoms with Crippen molar-refractivity contribution in [1.82, 2.24) is 14.1 Å². The first-order chi connectivity index (χ1) is 17.4. The van der Waals surface area contributed by atoms with E-state index in [1.54, 1.807) is 6.92 Å². The van der Waals surface area contributed by atoms with Gasteiger partial charge in [-0.2, -0.15) is 4.31 Å². The molecule has 0 aliphatic carbocycles. The van der Waals surface area contributed by atoms with Crippen LogP contribution in [0.1, 0.15) is 16.7 Å². The monoisotopic (exact) mass is 551 g/mol. The Bertz CT molecular complexity index is 1530. The van der Waals surface area contributed by atoms with E-state index in [0.717, 1.165) is 6.07 Å². The third kappa shape index (κ3) is 5.49. The van der Waals surface area contributed by atoms with Crippen molar-refractivity contribution in [3.63, 3.8) is 0 Å². The molecule has 0 saturated carbocycles. The predicted octanol–water partition coefficient (Wildman–Crippen LogP) is 3.48. The molecule has 0 N–H and O–H groups in total. The summed E-state index contributed by atoms with van der Waals surface area (Å²) < 4.78 is 53.0. The smallest absolute Gasteiger partial charge is 0.414 e. The van der Waals surface area contributed by atoms with Gasteiger partial charge in [-0.25, -0.2) is 22.4 Å². The van der Waals surface area contributed by atoms with Crippen molar-refractivity contribution >= 4 is 38.7 Å². The Labute approximate surface area is 219 Å². The van der Waals surface area contributed by atoms with Crippen molar-refractivity contribution in [3.8, 4) is 5.75 Å². The quantitative estimate of drug-likeness (QED) is 0.447. The fourth-order valence-electron chi connectivity index (χ4n) is 4.08. The van der Waals surface area contributed by atoms with Crippen molar-refractivity contribution in [2.24, 2.45) is 0 Å². The zero-order chi connectivity index (χ0) is 27.1. The van der Waals surface area contributed by atoms with Crippen molar-refractivity contribution in [2.75, 3.05) is 47.3 Å². The minimum absolute atomic E-state index is 0.0185. The molecule has 0 atom stereocenters. The first-order valence-corrected chi connectivity index (χ1v) is 13.3. The van der Waals surface area contributed by atoms with E-state index in [1.165, 1.54) is 47.6 Å². The SMILES string of the molecule is Cc1c(Cc2ccc(F)c(S(=O)(=O)N3CCN(C)CC3)c2)c(=O)oc2cc(OC(=O)N(C)C)c(Cl)cc12. The summed E-state index contributed by atoms with van der Waals surface area (Å²) in [6.45, 7) is 3.35. The maximum atomic E-state index is 14.7. The zero-order valence-electron chi connectivity index (χ0n) is 20.9. The topological polar surface area (TPSA) is 100 Å². The Morgan fingerprint density at radius 1 is 1.16 bits per heavy atom. The van der Waals surface area contributed by atoms with Gasteiger partial charge in [0, 0.05) is 63.7 Å². The number of ether oxygens (including phenoxy) is 1. The molecule has 0 spiro atoms. The average Bonchev–Trinajstić information content (AvgIpc) is 2.84. The molecule has 2 heterocycles. The van der Waals surface area contributed by atoms with Crippen LogP contribution in [0, 0.1) is 12.7 Å². The van der Waals surface area contributed by atoms with E-state index < -0.39 is 32.5 Å². The van der Waals surface area contributed by atoms with Crippen LogP contribution >= 0.6 is 11.6 Å². The highest BCUT2D eigenvalue weighted by molar-refractivity contribution is 7.89. The second-order valence-electron chi connectivity index (χ2n) is 9.18. The largest absolute Gasteiger partial charge is 0.422 e. The molecule has 1 amide bonds. The number of piperazine rings is 1. The number of hydrogen-bond donors (Lipinski definition) is 0. The van der Waals surface area contributed by atoms with Crippen LogP contribution in [0.25, 0.3) is 11.0 Å². The fourth-order valence-corrected chi connectivity index (χ4v) is 5.82. The van der Waals surface area contributed by atoms with Crippen LogP contribution in [-0.4, -0.2) is 75.9 Å². The summed E-state index contributed by atoms with van der Waals surface area (Å²) in [7, 11) is 0.889. The number of halogens is 2. The second kappa shape index (κ2) is 10.4. The van der Waals surface area contributed by atoms with Gasteiger partial charge in [0.2, 0.25) is 10.0 Å². The Morgan fingerprint density at radius 3 is 2.49 bits per heavy atom. The molecule has 198 valence electrons. The summed E-state index contributed by atoms with van der Waals surface area (Å²) in [5, 5.41) is 0.671. The Hall–Kier alpha value is -2.99. The number of rotatable bonds is 5. The number of hydrogen-bond acceptors (Lipinski definition) is 7. The summed E-state index contributed by atoms with van der Waals surface area (Å²) in [6.07, 6.45) is -0.625. The van der Waals surface area contributed by atoms with Gasteiger partial charge in [-0.15, -0.1) is 0 Å². The van der Waals surface area contributed by atoms with Gasteiger partial charge in [0.1, 0.15) is 16.3 Å². The van der Waals surface area contributed by atoms with Gasteiger partial charge < -0.3 is 19.0 Å². The van der Waals surface area contributed by atoms with E-state index in [-0.39, 0.29) is 41.4 Å². The van der Waals surface area contributed by atoms with E-state index in [2.05, 4.69) is 0 Å². The number of benzene rings is 2. The van der Waals surface area contributed by atoms with Gasteiger partial charge in [-0.1, -0.05) is 17.7 Å². The van der Waals surface area contributed by atoms with Crippen molar-refractivity contribution in [3.05, 3.63) is 68.3 Å². The van der Waals surface area contributed by atoms with Gasteiger partial charge in [0.15, 0.2) is 5.75 Å². The van der Waals surface area contributed by atoms with Crippen LogP contribution in [0.15, 0.2) is 44.4 Å². The van der Waals surface area contributed by atoms with Gasteiger partial charge >= 0.3 is 11.7 Å². The van der Waals surface area contributed by atoms with E-state index >= 15 is 0 Å². The lowest BCUT2D eigenvalue weighted by molar-refractivity contribution is 0.172. The molecule has 12 heteroatoms. The highest BCUT2D eigenvalue weighted by Crippen LogP contribution is 2.33. The second-order valence-corrected chi connectivity index (χ2v) is 11.5. The Balaban J connectivity index is 1.69. The molecule has 1 aromatic heterocycles. The number of sulfonamides is 1. The standard InChI is InChI=1S/C25H27ClFN3O6S/c1-15-17-13-19(26)22(36-25(32)28(2)3)14-21(17)35-24(31)18(15)11-16-5-6-20(27)23(12-16)37(33,34)30-9-7-29(4)8-10-30/h5-6,12-14H,7-11H2,1-4H3. The summed E-state index contributed by atoms with van der Waals surface area (Å²) in [5.74, 6) is -0.808. The van der Waals surface area contributed by atoms with Crippen LogP contribution in [0.3, 0.4) is 0 Å². The van der Waals surface area contributed by atoms with Crippen LogP contribution in [0.5, 0.6) is 5.75 Å². The molecule has 1 fully saturated rings. The molecule has 1 aliphatic heterocycles. The van der Waals surface area contributed by atoms with E-state index in [0.29, 0.717) is 29.6 Å². The summed E-state index contributed by atoms with van der Waals surface area (Å²) in [4.78, 5) is 27.6. The van der Waals surface area contributed by atoms with Gasteiger partial charge in [0.25, 0.3) is 0 Å². The molecular formula is C25H27ClFN3O6S. The molecule has 0 bridgehead atoms. The lowest BCUT2D eigenvalue weighted by Crippen LogP contribution is -2.47.